The van der Waals surface area contributed by atoms with Crippen molar-refractivity contribution in [1.29, 1.82) is 0 Å². The van der Waals surface area contributed by atoms with E-state index in [0.29, 0.717) is 12.3 Å². The van der Waals surface area contributed by atoms with E-state index in [0.717, 1.165) is 44.7 Å². The molecule has 1 aliphatic rings. The minimum atomic E-state index is -0.631. The third kappa shape index (κ3) is 5.57. The lowest BCUT2D eigenvalue weighted by Crippen LogP contribution is -2.35. The number of ether oxygens (including phenoxy) is 1. The van der Waals surface area contributed by atoms with Crippen molar-refractivity contribution in [3.8, 4) is 5.75 Å². The van der Waals surface area contributed by atoms with Crippen LogP contribution in [-0.2, 0) is 0 Å². The topological polar surface area (TPSA) is 79.1 Å². The molecule has 2 rings (SSSR count). The van der Waals surface area contributed by atoms with E-state index in [4.69, 9.17) is 4.74 Å². The Kier molecular flexibility index (Phi) is 7.46. The van der Waals surface area contributed by atoms with E-state index in [1.807, 2.05) is 13.8 Å². The number of rotatable bonds is 9. The number of anilines is 1. The van der Waals surface area contributed by atoms with Gasteiger partial charge in [0.05, 0.1) is 16.7 Å². The number of hydrogen-bond donors (Lipinski definition) is 1. The van der Waals surface area contributed by atoms with Crippen LogP contribution in [0.25, 0.3) is 0 Å². The van der Waals surface area contributed by atoms with Gasteiger partial charge in [-0.05, 0) is 38.4 Å². The first-order valence-electron chi connectivity index (χ1n) is 9.11. The van der Waals surface area contributed by atoms with Crippen molar-refractivity contribution in [2.75, 3.05) is 44.2 Å². The molecule has 140 valence electrons. The van der Waals surface area contributed by atoms with Gasteiger partial charge in [-0.3, -0.25) is 10.1 Å². The van der Waals surface area contributed by atoms with E-state index >= 15 is 0 Å². The van der Waals surface area contributed by atoms with E-state index in [9.17, 15) is 15.2 Å². The van der Waals surface area contributed by atoms with Crippen LogP contribution in [0.4, 0.5) is 11.4 Å². The Labute approximate surface area is 149 Å². The third-order valence-corrected chi connectivity index (χ3v) is 4.65. The summed E-state index contributed by atoms with van der Waals surface area (Å²) in [6.07, 6.45) is 2.80. The van der Waals surface area contributed by atoms with Crippen molar-refractivity contribution in [1.82, 2.24) is 4.90 Å². The summed E-state index contributed by atoms with van der Waals surface area (Å²) in [7, 11) is 0. The molecule has 1 atom stereocenters. The molecule has 1 aromatic carbocycles. The summed E-state index contributed by atoms with van der Waals surface area (Å²) in [5.41, 5.74) is 0.884. The Hall–Kier alpha value is -1.86. The molecule has 7 heteroatoms. The molecule has 0 amide bonds. The maximum atomic E-state index is 11.1. The van der Waals surface area contributed by atoms with Gasteiger partial charge in [0.25, 0.3) is 5.69 Å². The van der Waals surface area contributed by atoms with Crippen LogP contribution in [0, 0.1) is 10.1 Å². The molecule has 0 saturated carbocycles. The van der Waals surface area contributed by atoms with Gasteiger partial charge in [-0.2, -0.15) is 0 Å². The van der Waals surface area contributed by atoms with Crippen LogP contribution in [0.3, 0.4) is 0 Å². The summed E-state index contributed by atoms with van der Waals surface area (Å²) in [6.45, 7) is 8.33. The Morgan fingerprint density at radius 2 is 1.96 bits per heavy atom. The predicted molar refractivity (Wildman–Crippen MR) is 98.5 cm³/mol. The zero-order chi connectivity index (χ0) is 18.2. The average Bonchev–Trinajstić information content (AvgIpc) is 2.64. The number of nitrogens with zero attached hydrogens (tertiary/aromatic N) is 3. The van der Waals surface area contributed by atoms with Crippen LogP contribution < -0.4 is 9.64 Å². The first-order valence-corrected chi connectivity index (χ1v) is 9.11. The largest absolute Gasteiger partial charge is 0.488 e. The summed E-state index contributed by atoms with van der Waals surface area (Å²) in [4.78, 5) is 15.0. The molecular formula is C18H29N3O4. The lowest BCUT2D eigenvalue weighted by Gasteiger charge is -2.30. The van der Waals surface area contributed by atoms with Crippen molar-refractivity contribution in [3.05, 3.63) is 28.3 Å². The normalized spacial score (nSPS) is 16.1. The number of nitro groups is 1. The van der Waals surface area contributed by atoms with Gasteiger partial charge in [-0.15, -0.1) is 0 Å². The van der Waals surface area contributed by atoms with Gasteiger partial charge in [0.2, 0.25) is 0 Å². The second-order valence-corrected chi connectivity index (χ2v) is 6.41. The summed E-state index contributed by atoms with van der Waals surface area (Å²) in [5.74, 6) is 0.481. The molecule has 0 radical (unpaired) electrons. The minimum Gasteiger partial charge on any atom is -0.488 e. The van der Waals surface area contributed by atoms with Crippen molar-refractivity contribution >= 4 is 11.4 Å². The number of benzene rings is 1. The molecule has 1 saturated heterocycles. The van der Waals surface area contributed by atoms with Gasteiger partial charge >= 0.3 is 0 Å². The second kappa shape index (κ2) is 9.58. The summed E-state index contributed by atoms with van der Waals surface area (Å²) in [6, 6.07) is 4.74. The smallest absolute Gasteiger partial charge is 0.273 e. The number of aliphatic hydroxyl groups excluding tert-OH is 1. The van der Waals surface area contributed by atoms with Gasteiger partial charge in [-0.25, -0.2) is 0 Å². The summed E-state index contributed by atoms with van der Waals surface area (Å²) < 4.78 is 5.81. The van der Waals surface area contributed by atoms with E-state index in [1.165, 1.54) is 18.6 Å². The maximum Gasteiger partial charge on any atom is 0.273 e. The average molecular weight is 351 g/mol. The monoisotopic (exact) mass is 351 g/mol. The van der Waals surface area contributed by atoms with E-state index in [-0.39, 0.29) is 12.3 Å². The summed E-state index contributed by atoms with van der Waals surface area (Å²) in [5, 5.41) is 21.3. The van der Waals surface area contributed by atoms with Gasteiger partial charge in [0.1, 0.15) is 18.5 Å². The van der Waals surface area contributed by atoms with Crippen molar-refractivity contribution in [2.24, 2.45) is 0 Å². The van der Waals surface area contributed by atoms with E-state index in [2.05, 4.69) is 9.80 Å². The van der Waals surface area contributed by atoms with Crippen molar-refractivity contribution < 1.29 is 14.8 Å². The molecule has 1 unspecified atom stereocenters. The number of aliphatic hydroxyl groups is 1. The Balaban J connectivity index is 2.10. The molecule has 1 heterocycles. The molecule has 25 heavy (non-hydrogen) atoms. The standard InChI is InChI=1S/C18H29N3O4/c1-3-19(4-2)13-16(22)14-25-18-12-15(21(23)24)8-9-17(18)20-10-6-5-7-11-20/h8-9,12,16,22H,3-7,10-11,13-14H2,1-2H3. The van der Waals surface area contributed by atoms with Crippen molar-refractivity contribution in [2.45, 2.75) is 39.2 Å². The lowest BCUT2D eigenvalue weighted by molar-refractivity contribution is -0.384. The highest BCUT2D eigenvalue weighted by Gasteiger charge is 2.20. The molecule has 1 N–H and O–H groups in total. The molecular weight excluding hydrogens is 322 g/mol. The Morgan fingerprint density at radius 1 is 1.28 bits per heavy atom. The van der Waals surface area contributed by atoms with Gasteiger partial charge in [0, 0.05) is 25.7 Å². The molecule has 1 aliphatic heterocycles. The molecule has 0 spiro atoms. The highest BCUT2D eigenvalue weighted by atomic mass is 16.6. The molecule has 7 nitrogen and oxygen atoms in total. The van der Waals surface area contributed by atoms with Gasteiger partial charge in [0.15, 0.2) is 0 Å². The fourth-order valence-electron chi connectivity index (χ4n) is 3.15. The van der Waals surface area contributed by atoms with Gasteiger partial charge < -0.3 is 19.6 Å². The first kappa shape index (κ1) is 19.5. The van der Waals surface area contributed by atoms with Crippen LogP contribution in [0.1, 0.15) is 33.1 Å². The van der Waals surface area contributed by atoms with E-state index in [1.54, 1.807) is 6.07 Å². The van der Waals surface area contributed by atoms with Crippen LogP contribution in [0.5, 0.6) is 5.75 Å². The zero-order valence-corrected chi connectivity index (χ0v) is 15.2. The fourth-order valence-corrected chi connectivity index (χ4v) is 3.15. The number of likely N-dealkylation sites (N-methyl/N-ethyl adjacent to an activating group) is 1. The van der Waals surface area contributed by atoms with Gasteiger partial charge in [-0.1, -0.05) is 13.8 Å². The molecule has 1 aromatic rings. The molecule has 0 aromatic heterocycles. The molecule has 0 bridgehead atoms. The Morgan fingerprint density at radius 3 is 2.56 bits per heavy atom. The lowest BCUT2D eigenvalue weighted by atomic mass is 10.1. The quantitative estimate of drug-likeness (QED) is 0.544. The van der Waals surface area contributed by atoms with Crippen LogP contribution in [-0.4, -0.2) is 60.4 Å². The van der Waals surface area contributed by atoms with Crippen LogP contribution in [0.2, 0.25) is 0 Å². The highest BCUT2D eigenvalue weighted by molar-refractivity contribution is 5.62. The minimum absolute atomic E-state index is 0.00833. The van der Waals surface area contributed by atoms with E-state index < -0.39 is 11.0 Å². The highest BCUT2D eigenvalue weighted by Crippen LogP contribution is 2.34. The SMILES string of the molecule is CCN(CC)CC(O)COc1cc([N+](=O)[O-])ccc1N1CCCCC1. The zero-order valence-electron chi connectivity index (χ0n) is 15.2. The molecule has 1 fully saturated rings. The first-order chi connectivity index (χ1) is 12.0. The number of nitro benzene ring substituents is 1. The Bertz CT molecular complexity index is 557. The van der Waals surface area contributed by atoms with Crippen molar-refractivity contribution in [3.63, 3.8) is 0 Å². The fraction of sp³-hybridized carbons (Fsp3) is 0.667. The number of hydrogen-bond acceptors (Lipinski definition) is 6. The summed E-state index contributed by atoms with van der Waals surface area (Å²) >= 11 is 0. The number of piperidine rings is 1. The predicted octanol–water partition coefficient (Wildman–Crippen LogP) is 2.67. The second-order valence-electron chi connectivity index (χ2n) is 6.41. The maximum absolute atomic E-state index is 11.1. The number of non-ortho nitro benzene ring substituents is 1. The van der Waals surface area contributed by atoms with Crippen LogP contribution >= 0.6 is 0 Å². The third-order valence-electron chi connectivity index (χ3n) is 4.65. The molecule has 0 aliphatic carbocycles. The van der Waals surface area contributed by atoms with Crippen LogP contribution in [0.15, 0.2) is 18.2 Å².